The summed E-state index contributed by atoms with van der Waals surface area (Å²) in [7, 11) is 0. The molecule has 0 amide bonds. The van der Waals surface area contributed by atoms with Crippen LogP contribution < -0.4 is 5.32 Å². The summed E-state index contributed by atoms with van der Waals surface area (Å²) >= 11 is 0. The van der Waals surface area contributed by atoms with Crippen LogP contribution in [0.4, 0.5) is 0 Å². The summed E-state index contributed by atoms with van der Waals surface area (Å²) in [6.07, 6.45) is 3.28. The molecule has 1 atom stereocenters. The SMILES string of the molecule is CCOC(C)Cn1cnc2c1CCNC2. The molecule has 4 nitrogen and oxygen atoms in total. The molecule has 1 aliphatic heterocycles. The first-order chi connectivity index (χ1) is 7.31. The van der Waals surface area contributed by atoms with Crippen molar-refractivity contribution in [3.05, 3.63) is 17.7 Å². The molecule has 0 aromatic carbocycles. The van der Waals surface area contributed by atoms with Gasteiger partial charge in [0.15, 0.2) is 0 Å². The van der Waals surface area contributed by atoms with Crippen molar-refractivity contribution in [1.29, 1.82) is 0 Å². The Morgan fingerprint density at radius 1 is 1.67 bits per heavy atom. The Kier molecular flexibility index (Phi) is 3.38. The maximum absolute atomic E-state index is 5.54. The molecule has 0 bridgehead atoms. The third kappa shape index (κ3) is 2.38. The lowest BCUT2D eigenvalue weighted by Crippen LogP contribution is -2.26. The van der Waals surface area contributed by atoms with Gasteiger partial charge in [0.1, 0.15) is 0 Å². The first-order valence-corrected chi connectivity index (χ1v) is 5.66. The quantitative estimate of drug-likeness (QED) is 0.802. The van der Waals surface area contributed by atoms with Crippen LogP contribution in [0, 0.1) is 0 Å². The Morgan fingerprint density at radius 2 is 2.53 bits per heavy atom. The minimum absolute atomic E-state index is 0.267. The van der Waals surface area contributed by atoms with Crippen LogP contribution in [0.2, 0.25) is 0 Å². The highest BCUT2D eigenvalue weighted by Crippen LogP contribution is 2.13. The topological polar surface area (TPSA) is 39.1 Å². The molecule has 0 spiro atoms. The fourth-order valence-electron chi connectivity index (χ4n) is 2.07. The van der Waals surface area contributed by atoms with Gasteiger partial charge < -0.3 is 14.6 Å². The van der Waals surface area contributed by atoms with Crippen LogP contribution >= 0.6 is 0 Å². The normalized spacial score (nSPS) is 17.5. The van der Waals surface area contributed by atoms with Crippen LogP contribution in [0.25, 0.3) is 0 Å². The van der Waals surface area contributed by atoms with Crippen molar-refractivity contribution >= 4 is 0 Å². The second-order valence-corrected chi connectivity index (χ2v) is 3.98. The van der Waals surface area contributed by atoms with Gasteiger partial charge in [-0.25, -0.2) is 4.98 Å². The van der Waals surface area contributed by atoms with E-state index in [9.17, 15) is 0 Å². The number of fused-ring (bicyclic) bond motifs is 1. The highest BCUT2D eigenvalue weighted by molar-refractivity contribution is 5.16. The summed E-state index contributed by atoms with van der Waals surface area (Å²) < 4.78 is 7.77. The zero-order chi connectivity index (χ0) is 10.7. The van der Waals surface area contributed by atoms with Crippen LogP contribution in [0.15, 0.2) is 6.33 Å². The molecule has 2 heterocycles. The summed E-state index contributed by atoms with van der Waals surface area (Å²) in [4.78, 5) is 4.41. The maximum Gasteiger partial charge on any atom is 0.0953 e. The van der Waals surface area contributed by atoms with E-state index in [2.05, 4.69) is 21.8 Å². The molecule has 15 heavy (non-hydrogen) atoms. The Morgan fingerprint density at radius 3 is 3.33 bits per heavy atom. The van der Waals surface area contributed by atoms with Gasteiger partial charge in [-0.2, -0.15) is 0 Å². The largest absolute Gasteiger partial charge is 0.377 e. The third-order valence-electron chi connectivity index (χ3n) is 2.77. The van der Waals surface area contributed by atoms with Gasteiger partial charge in [-0.1, -0.05) is 0 Å². The average Bonchev–Trinajstić information content (AvgIpc) is 2.62. The Balaban J connectivity index is 2.05. The lowest BCUT2D eigenvalue weighted by atomic mass is 10.2. The predicted octanol–water partition coefficient (Wildman–Crippen LogP) is 0.954. The van der Waals surface area contributed by atoms with E-state index in [1.807, 2.05) is 13.3 Å². The molecule has 84 valence electrons. The molecule has 1 N–H and O–H groups in total. The maximum atomic E-state index is 5.54. The number of rotatable bonds is 4. The Labute approximate surface area is 90.6 Å². The van der Waals surface area contributed by atoms with Crippen LogP contribution in [0.1, 0.15) is 25.2 Å². The van der Waals surface area contributed by atoms with Gasteiger partial charge in [0.05, 0.1) is 18.1 Å². The Hall–Kier alpha value is -0.870. The molecule has 1 unspecified atom stereocenters. The smallest absolute Gasteiger partial charge is 0.0953 e. The molecular formula is C11H19N3O. The van der Waals surface area contributed by atoms with E-state index in [1.165, 1.54) is 11.4 Å². The molecular weight excluding hydrogens is 190 g/mol. The summed E-state index contributed by atoms with van der Waals surface area (Å²) in [6, 6.07) is 0. The number of aromatic nitrogens is 2. The lowest BCUT2D eigenvalue weighted by molar-refractivity contribution is 0.0634. The van der Waals surface area contributed by atoms with Gasteiger partial charge in [0.25, 0.3) is 0 Å². The molecule has 1 aromatic rings. The van der Waals surface area contributed by atoms with E-state index in [-0.39, 0.29) is 6.10 Å². The first-order valence-electron chi connectivity index (χ1n) is 5.66. The summed E-state index contributed by atoms with van der Waals surface area (Å²) in [6.45, 7) is 7.80. The van der Waals surface area contributed by atoms with Gasteiger partial charge in [-0.05, 0) is 13.8 Å². The van der Waals surface area contributed by atoms with Gasteiger partial charge in [0, 0.05) is 38.4 Å². The third-order valence-corrected chi connectivity index (χ3v) is 2.77. The van der Waals surface area contributed by atoms with Crippen LogP contribution in [0.3, 0.4) is 0 Å². The van der Waals surface area contributed by atoms with E-state index < -0.39 is 0 Å². The summed E-state index contributed by atoms with van der Waals surface area (Å²) in [5, 5.41) is 3.33. The monoisotopic (exact) mass is 209 g/mol. The second kappa shape index (κ2) is 4.77. The fourth-order valence-corrected chi connectivity index (χ4v) is 2.07. The number of nitrogens with one attached hydrogen (secondary N) is 1. The van der Waals surface area contributed by atoms with E-state index in [4.69, 9.17) is 4.74 Å². The summed E-state index contributed by atoms with van der Waals surface area (Å²) in [5.74, 6) is 0. The van der Waals surface area contributed by atoms with Gasteiger partial charge in [0.2, 0.25) is 0 Å². The van der Waals surface area contributed by atoms with Gasteiger partial charge in [-0.15, -0.1) is 0 Å². The molecule has 4 heteroatoms. The molecule has 0 radical (unpaired) electrons. The molecule has 0 saturated carbocycles. The number of hydrogen-bond acceptors (Lipinski definition) is 3. The van der Waals surface area contributed by atoms with E-state index >= 15 is 0 Å². The van der Waals surface area contributed by atoms with Crippen molar-refractivity contribution in [1.82, 2.24) is 14.9 Å². The fraction of sp³-hybridized carbons (Fsp3) is 0.727. The highest BCUT2D eigenvalue weighted by atomic mass is 16.5. The van der Waals surface area contributed by atoms with E-state index in [1.54, 1.807) is 0 Å². The second-order valence-electron chi connectivity index (χ2n) is 3.98. The number of ether oxygens (including phenoxy) is 1. The number of imidazole rings is 1. The molecule has 1 aromatic heterocycles. The zero-order valence-corrected chi connectivity index (χ0v) is 9.49. The molecule has 1 aliphatic rings. The standard InChI is InChI=1S/C11H19N3O/c1-3-15-9(2)7-14-8-13-10-6-12-5-4-11(10)14/h8-9,12H,3-7H2,1-2H3. The van der Waals surface area contributed by atoms with Crippen molar-refractivity contribution in [2.45, 2.75) is 39.5 Å². The van der Waals surface area contributed by atoms with E-state index in [0.717, 1.165) is 32.7 Å². The van der Waals surface area contributed by atoms with Crippen molar-refractivity contribution in [3.63, 3.8) is 0 Å². The average molecular weight is 209 g/mol. The van der Waals surface area contributed by atoms with E-state index in [0.29, 0.717) is 0 Å². The van der Waals surface area contributed by atoms with Gasteiger partial charge in [-0.3, -0.25) is 0 Å². The number of hydrogen-bond donors (Lipinski definition) is 1. The lowest BCUT2D eigenvalue weighted by Gasteiger charge is -2.18. The van der Waals surface area contributed by atoms with Crippen LogP contribution in [-0.4, -0.2) is 28.8 Å². The van der Waals surface area contributed by atoms with Crippen molar-refractivity contribution < 1.29 is 4.74 Å². The zero-order valence-electron chi connectivity index (χ0n) is 9.49. The van der Waals surface area contributed by atoms with Crippen LogP contribution in [0.5, 0.6) is 0 Å². The predicted molar refractivity (Wildman–Crippen MR) is 58.7 cm³/mol. The summed E-state index contributed by atoms with van der Waals surface area (Å²) in [5.41, 5.74) is 2.57. The number of nitrogens with zero attached hydrogens (tertiary/aromatic N) is 2. The van der Waals surface area contributed by atoms with Crippen LogP contribution in [-0.2, 0) is 24.2 Å². The van der Waals surface area contributed by atoms with Crippen molar-refractivity contribution in [2.75, 3.05) is 13.2 Å². The first kappa shape index (κ1) is 10.6. The molecule has 0 saturated heterocycles. The molecule has 2 rings (SSSR count). The molecule has 0 fully saturated rings. The molecule has 0 aliphatic carbocycles. The minimum Gasteiger partial charge on any atom is -0.377 e. The van der Waals surface area contributed by atoms with Crippen molar-refractivity contribution in [3.8, 4) is 0 Å². The minimum atomic E-state index is 0.267. The van der Waals surface area contributed by atoms with Crippen molar-refractivity contribution in [2.24, 2.45) is 0 Å². The Bertz CT molecular complexity index is 322. The highest BCUT2D eigenvalue weighted by Gasteiger charge is 2.15. The van der Waals surface area contributed by atoms with Gasteiger partial charge >= 0.3 is 0 Å².